The van der Waals surface area contributed by atoms with Gasteiger partial charge in [-0.05, 0) is 34.9 Å². The fourth-order valence-corrected chi connectivity index (χ4v) is 3.29. The molecule has 8 nitrogen and oxygen atoms in total. The Morgan fingerprint density at radius 2 is 1.86 bits per heavy atom. The van der Waals surface area contributed by atoms with Crippen molar-refractivity contribution < 1.29 is 24.1 Å². The average molecular weight is 385 g/mol. The van der Waals surface area contributed by atoms with Crippen LogP contribution in [0.3, 0.4) is 0 Å². The van der Waals surface area contributed by atoms with Crippen LogP contribution in [0, 0.1) is 0 Å². The Bertz CT molecular complexity index is 887. The Balaban J connectivity index is 2.01. The van der Waals surface area contributed by atoms with Crippen molar-refractivity contribution in [3.63, 3.8) is 0 Å². The van der Waals surface area contributed by atoms with Crippen LogP contribution in [0.25, 0.3) is 0 Å². The van der Waals surface area contributed by atoms with Gasteiger partial charge in [-0.15, -0.1) is 0 Å². The van der Waals surface area contributed by atoms with Crippen LogP contribution in [0.4, 0.5) is 4.79 Å². The summed E-state index contributed by atoms with van der Waals surface area (Å²) in [4.78, 5) is 11.8. The van der Waals surface area contributed by atoms with Gasteiger partial charge in [-0.1, -0.05) is 18.2 Å². The molecule has 1 amide bonds. The standard InChI is InChI=1S/C20H23N3O5/c1-26-17-8-14(9-18(27-2)19(17)28-3)16-10-15(22-23(16)20(24)25)13-6-4-5-12(7-13)11-21/h4-9,16H,10-11,21H2,1-3H3,(H,24,25). The molecule has 3 N–H and O–H groups in total. The molecule has 0 aliphatic carbocycles. The molecule has 28 heavy (non-hydrogen) atoms. The van der Waals surface area contributed by atoms with Gasteiger partial charge in [-0.25, -0.2) is 4.79 Å². The Morgan fingerprint density at radius 1 is 1.18 bits per heavy atom. The third-order valence-corrected chi connectivity index (χ3v) is 4.67. The lowest BCUT2D eigenvalue weighted by molar-refractivity contribution is 0.134. The second kappa shape index (κ2) is 8.18. The number of ether oxygens (including phenoxy) is 3. The number of benzene rings is 2. The lowest BCUT2D eigenvalue weighted by Gasteiger charge is -2.21. The van der Waals surface area contributed by atoms with Gasteiger partial charge in [0.15, 0.2) is 11.5 Å². The third-order valence-electron chi connectivity index (χ3n) is 4.67. The molecule has 0 aromatic heterocycles. The number of nitrogens with zero attached hydrogens (tertiary/aromatic N) is 2. The van der Waals surface area contributed by atoms with Gasteiger partial charge < -0.3 is 25.1 Å². The second-order valence-electron chi connectivity index (χ2n) is 6.26. The highest BCUT2D eigenvalue weighted by Gasteiger charge is 2.34. The summed E-state index contributed by atoms with van der Waals surface area (Å²) in [5.41, 5.74) is 8.90. The van der Waals surface area contributed by atoms with Gasteiger partial charge in [0.2, 0.25) is 5.75 Å². The van der Waals surface area contributed by atoms with E-state index in [9.17, 15) is 9.90 Å². The van der Waals surface area contributed by atoms with Crippen LogP contribution in [0.5, 0.6) is 17.2 Å². The summed E-state index contributed by atoms with van der Waals surface area (Å²) < 4.78 is 16.1. The number of amides is 1. The molecule has 0 saturated heterocycles. The van der Waals surface area contributed by atoms with E-state index >= 15 is 0 Å². The second-order valence-corrected chi connectivity index (χ2v) is 6.26. The zero-order valence-corrected chi connectivity index (χ0v) is 16.0. The maximum atomic E-state index is 11.8. The third kappa shape index (κ3) is 3.59. The summed E-state index contributed by atoms with van der Waals surface area (Å²) in [5, 5.41) is 15.1. The zero-order valence-electron chi connectivity index (χ0n) is 16.0. The number of hydrazone groups is 1. The van der Waals surface area contributed by atoms with Crippen molar-refractivity contribution in [3.05, 3.63) is 53.1 Å². The molecule has 2 aromatic rings. The van der Waals surface area contributed by atoms with E-state index in [0.717, 1.165) is 16.1 Å². The quantitative estimate of drug-likeness (QED) is 0.792. The minimum atomic E-state index is -1.14. The van der Waals surface area contributed by atoms with Gasteiger partial charge in [-0.3, -0.25) is 0 Å². The summed E-state index contributed by atoms with van der Waals surface area (Å²) in [6.07, 6.45) is -0.720. The van der Waals surface area contributed by atoms with Gasteiger partial charge in [0.1, 0.15) is 0 Å². The van der Waals surface area contributed by atoms with Crippen molar-refractivity contribution in [2.45, 2.75) is 19.0 Å². The van der Waals surface area contributed by atoms with E-state index < -0.39 is 12.1 Å². The smallest absolute Gasteiger partial charge is 0.428 e. The summed E-state index contributed by atoms with van der Waals surface area (Å²) in [6.45, 7) is 0.403. The molecule has 148 valence electrons. The van der Waals surface area contributed by atoms with Gasteiger partial charge in [0, 0.05) is 13.0 Å². The first-order chi connectivity index (χ1) is 13.5. The molecule has 1 unspecified atom stereocenters. The molecule has 0 fully saturated rings. The van der Waals surface area contributed by atoms with Crippen LogP contribution >= 0.6 is 0 Å². The van der Waals surface area contributed by atoms with Crippen molar-refractivity contribution in [1.29, 1.82) is 0 Å². The summed E-state index contributed by atoms with van der Waals surface area (Å²) in [6, 6.07) is 10.6. The largest absolute Gasteiger partial charge is 0.493 e. The number of carboxylic acid groups (broad SMARTS) is 1. The predicted molar refractivity (Wildman–Crippen MR) is 104 cm³/mol. The van der Waals surface area contributed by atoms with E-state index in [1.54, 1.807) is 12.1 Å². The van der Waals surface area contributed by atoms with Gasteiger partial charge >= 0.3 is 6.09 Å². The molecular weight excluding hydrogens is 362 g/mol. The highest BCUT2D eigenvalue weighted by molar-refractivity contribution is 6.03. The van der Waals surface area contributed by atoms with E-state index in [-0.39, 0.29) is 0 Å². The molecular formula is C20H23N3O5. The van der Waals surface area contributed by atoms with Crippen LogP contribution in [0.15, 0.2) is 41.5 Å². The number of nitrogens with two attached hydrogens (primary N) is 1. The van der Waals surface area contributed by atoms with Crippen LogP contribution in [-0.4, -0.2) is 43.2 Å². The van der Waals surface area contributed by atoms with Crippen molar-refractivity contribution >= 4 is 11.8 Å². The molecule has 0 saturated carbocycles. The first-order valence-corrected chi connectivity index (χ1v) is 8.71. The lowest BCUT2D eigenvalue weighted by atomic mass is 9.97. The van der Waals surface area contributed by atoms with Crippen molar-refractivity contribution in [2.24, 2.45) is 10.8 Å². The molecule has 0 bridgehead atoms. The predicted octanol–water partition coefficient (Wildman–Crippen LogP) is 3.00. The maximum Gasteiger partial charge on any atom is 0.428 e. The first kappa shape index (κ1) is 19.5. The lowest BCUT2D eigenvalue weighted by Crippen LogP contribution is -2.25. The van der Waals surface area contributed by atoms with E-state index in [0.29, 0.717) is 41.5 Å². The Hall–Kier alpha value is -3.26. The van der Waals surface area contributed by atoms with Crippen molar-refractivity contribution in [3.8, 4) is 17.2 Å². The first-order valence-electron chi connectivity index (χ1n) is 8.71. The molecule has 1 heterocycles. The van der Waals surface area contributed by atoms with E-state index in [1.165, 1.54) is 21.3 Å². The van der Waals surface area contributed by atoms with Gasteiger partial charge in [0.05, 0.1) is 33.1 Å². The molecule has 2 aromatic carbocycles. The molecule has 8 heteroatoms. The van der Waals surface area contributed by atoms with Crippen LogP contribution in [0.1, 0.15) is 29.2 Å². The zero-order chi connectivity index (χ0) is 20.3. The Kier molecular flexibility index (Phi) is 5.70. The Labute approximate surface area is 163 Å². The highest BCUT2D eigenvalue weighted by Crippen LogP contribution is 2.43. The van der Waals surface area contributed by atoms with Gasteiger partial charge in [0.25, 0.3) is 0 Å². The van der Waals surface area contributed by atoms with Crippen molar-refractivity contribution in [2.75, 3.05) is 21.3 Å². The summed E-state index contributed by atoms with van der Waals surface area (Å²) in [5.74, 6) is 1.37. The van der Waals surface area contributed by atoms with Gasteiger partial charge in [-0.2, -0.15) is 10.1 Å². The fraction of sp³-hybridized carbons (Fsp3) is 0.300. The molecule has 1 aliphatic rings. The maximum absolute atomic E-state index is 11.8. The van der Waals surface area contributed by atoms with Crippen LogP contribution in [-0.2, 0) is 6.54 Å². The number of carbonyl (C=O) groups is 1. The highest BCUT2D eigenvalue weighted by atomic mass is 16.5. The molecule has 1 aliphatic heterocycles. The SMILES string of the molecule is COc1cc(C2CC(c3cccc(CN)c3)=NN2C(=O)O)cc(OC)c1OC. The number of hydrogen-bond donors (Lipinski definition) is 2. The van der Waals surface area contributed by atoms with E-state index in [4.69, 9.17) is 19.9 Å². The minimum Gasteiger partial charge on any atom is -0.493 e. The molecule has 0 radical (unpaired) electrons. The molecule has 0 spiro atoms. The van der Waals surface area contributed by atoms with Crippen LogP contribution in [0.2, 0.25) is 0 Å². The summed E-state index contributed by atoms with van der Waals surface area (Å²) >= 11 is 0. The number of rotatable bonds is 6. The fourth-order valence-electron chi connectivity index (χ4n) is 3.29. The molecule has 3 rings (SSSR count). The number of methoxy groups -OCH3 is 3. The number of hydrogen-bond acceptors (Lipinski definition) is 6. The van der Waals surface area contributed by atoms with Crippen molar-refractivity contribution in [1.82, 2.24) is 5.01 Å². The Morgan fingerprint density at radius 3 is 2.39 bits per heavy atom. The van der Waals surface area contributed by atoms with E-state index in [2.05, 4.69) is 5.10 Å². The normalized spacial score (nSPS) is 15.9. The summed E-state index contributed by atoms with van der Waals surface area (Å²) in [7, 11) is 4.56. The monoisotopic (exact) mass is 385 g/mol. The van der Waals surface area contributed by atoms with E-state index in [1.807, 2.05) is 24.3 Å². The molecule has 1 atom stereocenters. The topological polar surface area (TPSA) is 107 Å². The average Bonchev–Trinajstić information content (AvgIpc) is 3.18. The minimum absolute atomic E-state index is 0.403. The van der Waals surface area contributed by atoms with Crippen LogP contribution < -0.4 is 19.9 Å².